The average Bonchev–Trinajstić information content (AvgIpc) is 2.96. The summed E-state index contributed by atoms with van der Waals surface area (Å²) in [5, 5.41) is 10.7. The average molecular weight is 399 g/mol. The van der Waals surface area contributed by atoms with Gasteiger partial charge in [0.05, 0.1) is 17.8 Å². The highest BCUT2D eigenvalue weighted by Gasteiger charge is 2.29. The van der Waals surface area contributed by atoms with Crippen LogP contribution in [0.4, 0.5) is 0 Å². The predicted octanol–water partition coefficient (Wildman–Crippen LogP) is 6.04. The van der Waals surface area contributed by atoms with E-state index in [4.69, 9.17) is 0 Å². The number of Topliss-reactive ketones (excluding diaryl/α,β-unsaturated/α-hetero) is 1. The zero-order valence-corrected chi connectivity index (χ0v) is 17.1. The second-order valence-electron chi connectivity index (χ2n) is 8.53. The minimum absolute atomic E-state index is 0.0492. The van der Waals surface area contributed by atoms with Crippen molar-refractivity contribution in [3.8, 4) is 11.3 Å². The highest BCUT2D eigenvalue weighted by Crippen LogP contribution is 2.46. The van der Waals surface area contributed by atoms with Gasteiger partial charge in [-0.05, 0) is 55.0 Å². The van der Waals surface area contributed by atoms with Crippen molar-refractivity contribution in [1.82, 2.24) is 4.57 Å². The molecule has 1 aliphatic heterocycles. The Hall–Kier alpha value is -3.14. The van der Waals surface area contributed by atoms with Gasteiger partial charge in [0.25, 0.3) is 0 Å². The van der Waals surface area contributed by atoms with Crippen molar-refractivity contribution >= 4 is 28.7 Å². The van der Waals surface area contributed by atoms with Gasteiger partial charge in [-0.2, -0.15) is 0 Å². The second kappa shape index (κ2) is 7.28. The number of allylic oxidation sites excluding steroid dienone is 1. The van der Waals surface area contributed by atoms with Crippen molar-refractivity contribution in [2.24, 2.45) is 0 Å². The molecule has 1 N–H and O–H groups in total. The number of aromatic nitrogens is 1. The molecule has 1 aromatic heterocycles. The summed E-state index contributed by atoms with van der Waals surface area (Å²) in [4.78, 5) is 24.1. The summed E-state index contributed by atoms with van der Waals surface area (Å²) in [7, 11) is 0. The van der Waals surface area contributed by atoms with Crippen molar-refractivity contribution in [3.05, 3.63) is 64.7 Å². The topological polar surface area (TPSA) is 59.3 Å². The second-order valence-corrected chi connectivity index (χ2v) is 8.53. The monoisotopic (exact) mass is 399 g/mol. The molecule has 3 aromatic rings. The van der Waals surface area contributed by atoms with Gasteiger partial charge >= 0.3 is 5.97 Å². The van der Waals surface area contributed by atoms with Crippen LogP contribution in [-0.2, 0) is 11.3 Å². The number of carbonyl (C=O) groups excluding carboxylic acids is 1. The molecule has 0 bridgehead atoms. The zero-order chi connectivity index (χ0) is 20.8. The maximum atomic E-state index is 12.4. The van der Waals surface area contributed by atoms with Gasteiger partial charge < -0.3 is 9.67 Å². The van der Waals surface area contributed by atoms with Crippen LogP contribution in [-0.4, -0.2) is 21.4 Å². The van der Waals surface area contributed by atoms with Gasteiger partial charge in [0, 0.05) is 22.0 Å². The molecule has 30 heavy (non-hydrogen) atoms. The molecule has 152 valence electrons. The Balaban J connectivity index is 1.87. The van der Waals surface area contributed by atoms with E-state index in [2.05, 4.69) is 16.7 Å². The number of benzene rings is 2. The Labute approximate surface area is 175 Å². The number of carboxylic acid groups (broad SMARTS) is 1. The molecule has 2 aromatic carbocycles. The van der Waals surface area contributed by atoms with E-state index in [0.717, 1.165) is 46.1 Å². The van der Waals surface area contributed by atoms with Crippen molar-refractivity contribution in [3.63, 3.8) is 0 Å². The number of hydrogen-bond acceptors (Lipinski definition) is 2. The van der Waals surface area contributed by atoms with Gasteiger partial charge in [-0.3, -0.25) is 4.79 Å². The molecular formula is C26H25NO3. The van der Waals surface area contributed by atoms with Crippen molar-refractivity contribution < 1.29 is 14.7 Å². The quantitative estimate of drug-likeness (QED) is 0.584. The Bertz CT molecular complexity index is 1210. The number of hydrogen-bond donors (Lipinski definition) is 1. The molecule has 4 heteroatoms. The molecule has 0 atom stereocenters. The lowest BCUT2D eigenvalue weighted by Crippen LogP contribution is -2.09. The predicted molar refractivity (Wildman–Crippen MR) is 119 cm³/mol. The fourth-order valence-electron chi connectivity index (χ4n) is 5.22. The number of carboxylic acids is 1. The van der Waals surface area contributed by atoms with E-state index in [9.17, 15) is 14.7 Å². The first-order chi connectivity index (χ1) is 14.5. The van der Waals surface area contributed by atoms with Crippen LogP contribution in [0.2, 0.25) is 0 Å². The first kappa shape index (κ1) is 18.9. The maximum Gasteiger partial charge on any atom is 0.335 e. The van der Waals surface area contributed by atoms with Gasteiger partial charge in [0.15, 0.2) is 5.78 Å². The summed E-state index contributed by atoms with van der Waals surface area (Å²) in [6.07, 6.45) is 8.04. The molecule has 0 radical (unpaired) electrons. The third-order valence-corrected chi connectivity index (χ3v) is 6.69. The Morgan fingerprint density at radius 2 is 1.80 bits per heavy atom. The Kier molecular flexibility index (Phi) is 4.58. The molecule has 2 aliphatic rings. The smallest absolute Gasteiger partial charge is 0.335 e. The molecule has 1 saturated carbocycles. The highest BCUT2D eigenvalue weighted by atomic mass is 16.4. The van der Waals surface area contributed by atoms with Crippen LogP contribution in [0.25, 0.3) is 28.2 Å². The molecule has 0 spiro atoms. The minimum atomic E-state index is -0.928. The number of ketones is 1. The van der Waals surface area contributed by atoms with Gasteiger partial charge in [-0.15, -0.1) is 0 Å². The van der Waals surface area contributed by atoms with Crippen LogP contribution in [0.15, 0.2) is 48.0 Å². The lowest BCUT2D eigenvalue weighted by Gasteiger charge is -2.24. The van der Waals surface area contributed by atoms with E-state index >= 15 is 0 Å². The Morgan fingerprint density at radius 1 is 1.03 bits per heavy atom. The zero-order valence-electron chi connectivity index (χ0n) is 17.1. The van der Waals surface area contributed by atoms with Crippen molar-refractivity contribution in [2.75, 3.05) is 0 Å². The lowest BCUT2D eigenvalue weighted by molar-refractivity contribution is -0.113. The molecule has 0 amide bonds. The van der Waals surface area contributed by atoms with Crippen molar-refractivity contribution in [1.29, 1.82) is 0 Å². The molecule has 5 rings (SSSR count). The minimum Gasteiger partial charge on any atom is -0.478 e. The number of rotatable bonds is 3. The summed E-state index contributed by atoms with van der Waals surface area (Å²) >= 11 is 0. The van der Waals surface area contributed by atoms with E-state index in [1.165, 1.54) is 24.8 Å². The fraction of sp³-hybridized carbons (Fsp3) is 0.308. The van der Waals surface area contributed by atoms with E-state index in [1.54, 1.807) is 19.1 Å². The lowest BCUT2D eigenvalue weighted by atomic mass is 9.81. The summed E-state index contributed by atoms with van der Waals surface area (Å²) in [5.41, 5.74) is 6.60. The van der Waals surface area contributed by atoms with Crippen LogP contribution < -0.4 is 0 Å². The standard InChI is InChI=1S/C26H25NO3/c1-16(28)20-13-18-9-5-6-10-21(18)25-24(17-7-3-2-4-8-17)22-12-11-19(26(29)30)14-23(22)27(25)15-20/h5-6,9-14,17H,2-4,7-8,15H2,1H3,(H,29,30). The summed E-state index contributed by atoms with van der Waals surface area (Å²) in [6.45, 7) is 2.07. The summed E-state index contributed by atoms with van der Waals surface area (Å²) in [6, 6.07) is 13.7. The van der Waals surface area contributed by atoms with Gasteiger partial charge in [0.1, 0.15) is 0 Å². The van der Waals surface area contributed by atoms with Crippen LogP contribution in [0.5, 0.6) is 0 Å². The molecule has 0 saturated heterocycles. The van der Waals surface area contributed by atoms with E-state index in [1.807, 2.05) is 24.3 Å². The molecule has 1 fully saturated rings. The van der Waals surface area contributed by atoms with Gasteiger partial charge in [0.2, 0.25) is 0 Å². The molecular weight excluding hydrogens is 374 g/mol. The summed E-state index contributed by atoms with van der Waals surface area (Å²) < 4.78 is 2.19. The van der Waals surface area contributed by atoms with Gasteiger partial charge in [-0.1, -0.05) is 49.6 Å². The number of fused-ring (bicyclic) bond motifs is 5. The fourth-order valence-corrected chi connectivity index (χ4v) is 5.22. The van der Waals surface area contributed by atoms with Gasteiger partial charge in [-0.25, -0.2) is 4.79 Å². The molecule has 1 aliphatic carbocycles. The Morgan fingerprint density at radius 3 is 2.53 bits per heavy atom. The third kappa shape index (κ3) is 2.98. The van der Waals surface area contributed by atoms with Crippen LogP contribution in [0.3, 0.4) is 0 Å². The molecule has 2 heterocycles. The SMILES string of the molecule is CC(=O)C1=Cc2ccccc2-c2c(C3CCCCC3)c3ccc(C(=O)O)cc3n2C1. The number of carbonyl (C=O) groups is 2. The first-order valence-corrected chi connectivity index (χ1v) is 10.7. The third-order valence-electron chi connectivity index (χ3n) is 6.69. The normalized spacial score (nSPS) is 16.5. The van der Waals surface area contributed by atoms with E-state index in [0.29, 0.717) is 12.5 Å². The number of aromatic carboxylic acids is 1. The summed E-state index contributed by atoms with van der Waals surface area (Å²) in [5.74, 6) is -0.420. The largest absolute Gasteiger partial charge is 0.478 e. The van der Waals surface area contributed by atoms with Crippen molar-refractivity contribution in [2.45, 2.75) is 51.5 Å². The van der Waals surface area contributed by atoms with E-state index < -0.39 is 5.97 Å². The number of nitrogens with zero attached hydrogens (tertiary/aromatic N) is 1. The first-order valence-electron chi connectivity index (χ1n) is 10.7. The molecule has 0 unspecified atom stereocenters. The van der Waals surface area contributed by atoms with Crippen LogP contribution >= 0.6 is 0 Å². The van der Waals surface area contributed by atoms with Crippen LogP contribution in [0, 0.1) is 0 Å². The van der Waals surface area contributed by atoms with E-state index in [-0.39, 0.29) is 11.3 Å². The van der Waals surface area contributed by atoms with Crippen LogP contribution in [0.1, 0.15) is 66.4 Å². The maximum absolute atomic E-state index is 12.4. The highest BCUT2D eigenvalue weighted by molar-refractivity contribution is 6.03. The molecule has 4 nitrogen and oxygen atoms in total.